The van der Waals surface area contributed by atoms with Gasteiger partial charge in [0.25, 0.3) is 0 Å². The second kappa shape index (κ2) is 8.29. The third-order valence-electron chi connectivity index (χ3n) is 2.57. The van der Waals surface area contributed by atoms with Gasteiger partial charge in [0, 0.05) is 41.3 Å². The van der Waals surface area contributed by atoms with E-state index >= 15 is 0 Å². The maximum atomic E-state index is 12.3. The van der Waals surface area contributed by atoms with Crippen LogP contribution in [0.2, 0.25) is 0 Å². The van der Waals surface area contributed by atoms with Gasteiger partial charge in [0.05, 0.1) is 11.5 Å². The third-order valence-corrected chi connectivity index (χ3v) is 4.86. The first-order valence-corrected chi connectivity index (χ1v) is 9.58. The molecule has 7 heteroatoms. The molecule has 1 rings (SSSR count). The van der Waals surface area contributed by atoms with Gasteiger partial charge < -0.3 is 5.11 Å². The number of sulfonamides is 1. The molecule has 116 valence electrons. The molecule has 0 bridgehead atoms. The minimum Gasteiger partial charge on any atom is -0.395 e. The number of benzene rings is 1. The third kappa shape index (κ3) is 5.98. The quantitative estimate of drug-likeness (QED) is 0.740. The Labute approximate surface area is 128 Å². The second-order valence-electron chi connectivity index (χ2n) is 4.45. The molecule has 0 amide bonds. The van der Waals surface area contributed by atoms with E-state index in [-0.39, 0.29) is 30.2 Å². The molecule has 5 nitrogen and oxygen atoms in total. The van der Waals surface area contributed by atoms with Crippen molar-refractivity contribution < 1.29 is 17.7 Å². The first-order chi connectivity index (χ1) is 9.86. The number of aryl methyl sites for hydroxylation is 1. The van der Waals surface area contributed by atoms with Crippen molar-refractivity contribution in [3.8, 4) is 11.8 Å². The fourth-order valence-corrected chi connectivity index (χ4v) is 3.28. The summed E-state index contributed by atoms with van der Waals surface area (Å²) in [5, 5.41) is 8.73. The van der Waals surface area contributed by atoms with Crippen molar-refractivity contribution in [1.82, 2.24) is 4.72 Å². The van der Waals surface area contributed by atoms with Crippen molar-refractivity contribution in [3.05, 3.63) is 29.3 Å². The Bertz CT molecular complexity index is 672. The van der Waals surface area contributed by atoms with Crippen molar-refractivity contribution in [3.63, 3.8) is 0 Å². The lowest BCUT2D eigenvalue weighted by Crippen LogP contribution is -2.28. The minimum absolute atomic E-state index is 0.0680. The highest BCUT2D eigenvalue weighted by Crippen LogP contribution is 2.16. The SMILES string of the molecule is Cc1ccc(S(=O)(=O)NCCS(C)=O)c(C#CCCO)c1. The average Bonchev–Trinajstić information content (AvgIpc) is 2.38. The van der Waals surface area contributed by atoms with Crippen LogP contribution in [0.25, 0.3) is 0 Å². The van der Waals surface area contributed by atoms with Crippen LogP contribution >= 0.6 is 0 Å². The monoisotopic (exact) mass is 329 g/mol. The summed E-state index contributed by atoms with van der Waals surface area (Å²) in [6.45, 7) is 1.89. The molecule has 2 N–H and O–H groups in total. The summed E-state index contributed by atoms with van der Waals surface area (Å²) >= 11 is 0. The number of hydrogen-bond donors (Lipinski definition) is 2. The molecule has 0 aliphatic rings. The van der Waals surface area contributed by atoms with Gasteiger partial charge in [-0.25, -0.2) is 13.1 Å². The highest BCUT2D eigenvalue weighted by molar-refractivity contribution is 7.89. The highest BCUT2D eigenvalue weighted by atomic mass is 32.2. The lowest BCUT2D eigenvalue weighted by molar-refractivity contribution is 0.305. The number of hydrogen-bond acceptors (Lipinski definition) is 4. The molecule has 0 spiro atoms. The summed E-state index contributed by atoms with van der Waals surface area (Å²) < 4.78 is 37.9. The van der Waals surface area contributed by atoms with E-state index in [2.05, 4.69) is 16.6 Å². The van der Waals surface area contributed by atoms with Crippen molar-refractivity contribution >= 4 is 20.8 Å². The predicted octanol–water partition coefficient (Wildman–Crippen LogP) is 0.386. The molecule has 0 aliphatic heterocycles. The van der Waals surface area contributed by atoms with Crippen LogP contribution in [0.5, 0.6) is 0 Å². The standard InChI is InChI=1S/C14H19NO4S2/c1-12-6-7-14(13(11-12)5-3-4-9-16)21(18,19)15-8-10-20(2)17/h6-7,11,15-16H,4,8-10H2,1-2H3. The molecular weight excluding hydrogens is 310 g/mol. The molecule has 0 aromatic heterocycles. The Kier molecular flexibility index (Phi) is 7.05. The van der Waals surface area contributed by atoms with Crippen molar-refractivity contribution in [2.24, 2.45) is 0 Å². The van der Waals surface area contributed by atoms with E-state index in [4.69, 9.17) is 5.11 Å². The fraction of sp³-hybridized carbons (Fsp3) is 0.429. The lowest BCUT2D eigenvalue weighted by Gasteiger charge is -2.09. The summed E-state index contributed by atoms with van der Waals surface area (Å²) in [5.74, 6) is 5.76. The zero-order valence-corrected chi connectivity index (χ0v) is 13.7. The zero-order chi connectivity index (χ0) is 15.9. The van der Waals surface area contributed by atoms with Gasteiger partial charge >= 0.3 is 0 Å². The van der Waals surface area contributed by atoms with Crippen molar-refractivity contribution in [1.29, 1.82) is 0 Å². The largest absolute Gasteiger partial charge is 0.395 e. The molecule has 1 unspecified atom stereocenters. The van der Waals surface area contributed by atoms with Gasteiger partial charge in [0.2, 0.25) is 10.0 Å². The molecule has 0 radical (unpaired) electrons. The first kappa shape index (κ1) is 17.9. The van der Waals surface area contributed by atoms with Gasteiger partial charge in [0.15, 0.2) is 0 Å². The van der Waals surface area contributed by atoms with Crippen LogP contribution in [-0.2, 0) is 20.8 Å². The van der Waals surface area contributed by atoms with Gasteiger partial charge in [0.1, 0.15) is 0 Å². The van der Waals surface area contributed by atoms with Gasteiger partial charge in [-0.3, -0.25) is 4.21 Å². The van der Waals surface area contributed by atoms with E-state index in [1.807, 2.05) is 6.92 Å². The van der Waals surface area contributed by atoms with E-state index in [1.165, 1.54) is 12.3 Å². The Morgan fingerprint density at radius 2 is 2.10 bits per heavy atom. The van der Waals surface area contributed by atoms with Crippen LogP contribution in [0.4, 0.5) is 0 Å². The molecule has 0 saturated carbocycles. The molecule has 0 fully saturated rings. The van der Waals surface area contributed by atoms with Gasteiger partial charge in [-0.15, -0.1) is 0 Å². The van der Waals surface area contributed by atoms with Crippen LogP contribution < -0.4 is 4.72 Å². The first-order valence-electron chi connectivity index (χ1n) is 6.37. The fourth-order valence-electron chi connectivity index (χ4n) is 1.59. The second-order valence-corrected chi connectivity index (χ2v) is 7.74. The molecule has 1 atom stereocenters. The van der Waals surface area contributed by atoms with Crippen molar-refractivity contribution in [2.75, 3.05) is 25.2 Å². The maximum Gasteiger partial charge on any atom is 0.241 e. The summed E-state index contributed by atoms with van der Waals surface area (Å²) in [7, 11) is -4.74. The Hall–Kier alpha value is -1.20. The number of aliphatic hydroxyl groups is 1. The van der Waals surface area contributed by atoms with Crippen LogP contribution in [0, 0.1) is 18.8 Å². The minimum atomic E-state index is -3.69. The molecule has 0 saturated heterocycles. The normalized spacial score (nSPS) is 12.5. The average molecular weight is 329 g/mol. The summed E-state index contributed by atoms with van der Waals surface area (Å²) in [6, 6.07) is 4.89. The highest BCUT2D eigenvalue weighted by Gasteiger charge is 2.17. The van der Waals surface area contributed by atoms with Crippen LogP contribution in [-0.4, -0.2) is 42.9 Å². The lowest BCUT2D eigenvalue weighted by atomic mass is 10.1. The van der Waals surface area contributed by atoms with Crippen LogP contribution in [0.15, 0.2) is 23.1 Å². The Morgan fingerprint density at radius 1 is 1.38 bits per heavy atom. The van der Waals surface area contributed by atoms with Crippen LogP contribution in [0.3, 0.4) is 0 Å². The zero-order valence-electron chi connectivity index (χ0n) is 12.0. The Morgan fingerprint density at radius 3 is 2.71 bits per heavy atom. The van der Waals surface area contributed by atoms with E-state index in [1.54, 1.807) is 12.1 Å². The van der Waals surface area contributed by atoms with E-state index in [0.717, 1.165) is 5.56 Å². The number of nitrogens with one attached hydrogen (secondary N) is 1. The predicted molar refractivity (Wildman–Crippen MR) is 83.9 cm³/mol. The van der Waals surface area contributed by atoms with Gasteiger partial charge in [-0.2, -0.15) is 0 Å². The number of rotatable bonds is 6. The number of aliphatic hydroxyl groups excluding tert-OH is 1. The summed E-state index contributed by atoms with van der Waals surface area (Å²) in [6.07, 6.45) is 1.81. The van der Waals surface area contributed by atoms with Gasteiger partial charge in [-0.1, -0.05) is 17.9 Å². The smallest absolute Gasteiger partial charge is 0.241 e. The molecular formula is C14H19NO4S2. The van der Waals surface area contributed by atoms with Crippen LogP contribution in [0.1, 0.15) is 17.5 Å². The molecule has 0 aliphatic carbocycles. The van der Waals surface area contributed by atoms with E-state index in [0.29, 0.717) is 5.56 Å². The maximum absolute atomic E-state index is 12.3. The molecule has 21 heavy (non-hydrogen) atoms. The summed E-state index contributed by atoms with van der Waals surface area (Å²) in [5.41, 5.74) is 1.30. The van der Waals surface area contributed by atoms with Crippen molar-refractivity contribution in [2.45, 2.75) is 18.2 Å². The van der Waals surface area contributed by atoms with E-state index < -0.39 is 20.8 Å². The topological polar surface area (TPSA) is 83.5 Å². The Balaban J connectivity index is 3.05. The van der Waals surface area contributed by atoms with E-state index in [9.17, 15) is 12.6 Å². The molecule has 1 aromatic rings. The summed E-state index contributed by atoms with van der Waals surface area (Å²) in [4.78, 5) is 0.0976. The van der Waals surface area contributed by atoms with Gasteiger partial charge in [-0.05, 0) is 24.6 Å². The molecule has 0 heterocycles. The molecule has 1 aromatic carbocycles.